The molecule has 112 valence electrons. The van der Waals surface area contributed by atoms with Crippen LogP contribution in [0.2, 0.25) is 0 Å². The third-order valence-electron chi connectivity index (χ3n) is 3.33. The molecule has 0 atom stereocenters. The van der Waals surface area contributed by atoms with Gasteiger partial charge in [0, 0.05) is 6.54 Å². The van der Waals surface area contributed by atoms with Crippen LogP contribution in [0.1, 0.15) is 48.8 Å². The molecule has 4 N–H and O–H groups in total. The first kappa shape index (κ1) is 15.0. The Hall–Kier alpha value is -1.41. The highest BCUT2D eigenvalue weighted by atomic mass is 32.2. The smallest absolute Gasteiger partial charge is 0.273 e. The van der Waals surface area contributed by atoms with Crippen molar-refractivity contribution in [1.29, 1.82) is 0 Å². The van der Waals surface area contributed by atoms with E-state index < -0.39 is 15.9 Å². The van der Waals surface area contributed by atoms with Crippen LogP contribution in [-0.2, 0) is 16.4 Å². The zero-order valence-electron chi connectivity index (χ0n) is 11.5. The van der Waals surface area contributed by atoms with Gasteiger partial charge in [0.2, 0.25) is 10.0 Å². The number of hydrogen-bond acceptors (Lipinski definition) is 4. The molecule has 0 aliphatic heterocycles. The molecule has 0 unspecified atom stereocenters. The topological polar surface area (TPSA) is 118 Å². The molecule has 1 aliphatic carbocycles. The van der Waals surface area contributed by atoms with Crippen LogP contribution in [0.5, 0.6) is 0 Å². The summed E-state index contributed by atoms with van der Waals surface area (Å²) in [5.74, 6) is 0.205. The molecule has 0 spiro atoms. The van der Waals surface area contributed by atoms with Crippen LogP contribution in [0.15, 0.2) is 4.90 Å². The number of hydrogen-bond donors (Lipinski definition) is 3. The Balaban J connectivity index is 2.14. The minimum atomic E-state index is -3.97. The lowest BCUT2D eigenvalue weighted by Gasteiger charge is -2.04. The van der Waals surface area contributed by atoms with Crippen LogP contribution >= 0.6 is 0 Å². The lowest BCUT2D eigenvalue weighted by Crippen LogP contribution is -2.28. The first-order valence-corrected chi connectivity index (χ1v) is 8.36. The Labute approximate surface area is 118 Å². The molecule has 20 heavy (non-hydrogen) atoms. The van der Waals surface area contributed by atoms with Crippen LogP contribution < -0.4 is 10.5 Å². The molecule has 1 saturated carbocycles. The van der Waals surface area contributed by atoms with Crippen LogP contribution in [0.3, 0.4) is 0 Å². The molecule has 0 saturated heterocycles. The maximum Gasteiger partial charge on any atom is 0.273 e. The van der Waals surface area contributed by atoms with E-state index in [1.165, 1.54) is 12.8 Å². The van der Waals surface area contributed by atoms with Gasteiger partial charge in [-0.25, -0.2) is 13.6 Å². The molecule has 8 heteroatoms. The first-order chi connectivity index (χ1) is 9.43. The molecule has 0 aromatic carbocycles. The fraction of sp³-hybridized carbons (Fsp3) is 0.667. The van der Waals surface area contributed by atoms with Crippen LogP contribution in [0.25, 0.3) is 0 Å². The van der Waals surface area contributed by atoms with Crippen molar-refractivity contribution in [1.82, 2.24) is 15.5 Å². The summed E-state index contributed by atoms with van der Waals surface area (Å²) in [4.78, 5) is 11.8. The Morgan fingerprint density at radius 3 is 2.75 bits per heavy atom. The van der Waals surface area contributed by atoms with Crippen molar-refractivity contribution in [2.45, 2.75) is 43.9 Å². The van der Waals surface area contributed by atoms with Crippen LogP contribution in [-0.4, -0.2) is 31.1 Å². The second kappa shape index (κ2) is 5.92. The quantitative estimate of drug-likeness (QED) is 0.681. The number of nitrogens with two attached hydrogens (primary N) is 1. The number of carbonyl (C=O) groups is 1. The summed E-state index contributed by atoms with van der Waals surface area (Å²) in [7, 11) is -3.97. The van der Waals surface area contributed by atoms with Gasteiger partial charge >= 0.3 is 0 Å². The normalized spacial score (nSPS) is 15.3. The van der Waals surface area contributed by atoms with Gasteiger partial charge in [0.15, 0.2) is 5.69 Å². The molecule has 0 bridgehead atoms. The molecular weight excluding hydrogens is 280 g/mol. The van der Waals surface area contributed by atoms with Gasteiger partial charge in [-0.3, -0.25) is 9.89 Å². The first-order valence-electron chi connectivity index (χ1n) is 6.81. The van der Waals surface area contributed by atoms with E-state index in [-0.39, 0.29) is 10.6 Å². The Morgan fingerprint density at radius 2 is 2.20 bits per heavy atom. The summed E-state index contributed by atoms with van der Waals surface area (Å²) < 4.78 is 23.3. The fourth-order valence-corrected chi connectivity index (χ4v) is 3.03. The Bertz CT molecular complexity index is 590. The predicted molar refractivity (Wildman–Crippen MR) is 73.6 cm³/mol. The highest BCUT2D eigenvalue weighted by molar-refractivity contribution is 7.89. The number of nitrogens with one attached hydrogen (secondary N) is 2. The Morgan fingerprint density at radius 1 is 1.50 bits per heavy atom. The SMILES string of the molecule is CCCc1[nH]nc(C(=O)NCCC2CC2)c1S(N)(=O)=O. The molecular formula is C12H20N4O3S. The number of aromatic amines is 1. The highest BCUT2D eigenvalue weighted by Gasteiger charge is 2.27. The molecule has 1 aliphatic rings. The standard InChI is InChI=1S/C12H20N4O3S/c1-2-3-9-11(20(13,18)19)10(16-15-9)12(17)14-7-6-8-4-5-8/h8H,2-7H2,1H3,(H,14,17)(H,15,16)(H2,13,18,19). The van der Waals surface area contributed by atoms with Crippen molar-refractivity contribution < 1.29 is 13.2 Å². The number of aromatic nitrogens is 2. The molecule has 1 aromatic heterocycles. The minimum Gasteiger partial charge on any atom is -0.351 e. The van der Waals surface area contributed by atoms with Gasteiger partial charge in [0.05, 0.1) is 5.69 Å². The van der Waals surface area contributed by atoms with E-state index in [4.69, 9.17) is 5.14 Å². The average Bonchev–Trinajstić information content (AvgIpc) is 3.06. The van der Waals surface area contributed by atoms with E-state index in [9.17, 15) is 13.2 Å². The van der Waals surface area contributed by atoms with E-state index >= 15 is 0 Å². The van der Waals surface area contributed by atoms with Crippen molar-refractivity contribution in [3.8, 4) is 0 Å². The molecule has 1 heterocycles. The van der Waals surface area contributed by atoms with Crippen molar-refractivity contribution in [3.63, 3.8) is 0 Å². The van der Waals surface area contributed by atoms with Gasteiger partial charge < -0.3 is 5.32 Å². The summed E-state index contributed by atoms with van der Waals surface area (Å²) >= 11 is 0. The fourth-order valence-electron chi connectivity index (χ4n) is 2.13. The van der Waals surface area contributed by atoms with Gasteiger partial charge in [0.25, 0.3) is 5.91 Å². The third-order valence-corrected chi connectivity index (χ3v) is 4.34. The van der Waals surface area contributed by atoms with Gasteiger partial charge in [-0.05, 0) is 18.8 Å². The second-order valence-corrected chi connectivity index (χ2v) is 6.66. The van der Waals surface area contributed by atoms with E-state index in [1.807, 2.05) is 6.92 Å². The van der Waals surface area contributed by atoms with Crippen molar-refractivity contribution >= 4 is 15.9 Å². The predicted octanol–water partition coefficient (Wildman–Crippen LogP) is 0.540. The zero-order chi connectivity index (χ0) is 14.8. The van der Waals surface area contributed by atoms with Crippen LogP contribution in [0, 0.1) is 5.92 Å². The number of aryl methyl sites for hydroxylation is 1. The molecule has 2 rings (SSSR count). The van der Waals surface area contributed by atoms with Crippen molar-refractivity contribution in [3.05, 3.63) is 11.4 Å². The van der Waals surface area contributed by atoms with E-state index in [0.717, 1.165) is 12.8 Å². The molecule has 1 aromatic rings. The van der Waals surface area contributed by atoms with E-state index in [1.54, 1.807) is 0 Å². The minimum absolute atomic E-state index is 0.133. The molecule has 7 nitrogen and oxygen atoms in total. The van der Waals surface area contributed by atoms with Gasteiger partial charge in [-0.15, -0.1) is 0 Å². The maximum absolute atomic E-state index is 12.0. The molecule has 1 fully saturated rings. The number of rotatable bonds is 7. The van der Waals surface area contributed by atoms with Crippen molar-refractivity contribution in [2.75, 3.05) is 6.54 Å². The highest BCUT2D eigenvalue weighted by Crippen LogP contribution is 2.31. The summed E-state index contributed by atoms with van der Waals surface area (Å²) in [5.41, 5.74) is 0.258. The maximum atomic E-state index is 12.0. The van der Waals surface area contributed by atoms with E-state index in [0.29, 0.717) is 24.6 Å². The average molecular weight is 300 g/mol. The van der Waals surface area contributed by atoms with Gasteiger partial charge in [0.1, 0.15) is 4.90 Å². The number of amides is 1. The van der Waals surface area contributed by atoms with Crippen LogP contribution in [0.4, 0.5) is 0 Å². The zero-order valence-corrected chi connectivity index (χ0v) is 12.3. The summed E-state index contributed by atoms with van der Waals surface area (Å²) in [5, 5.41) is 14.3. The Kier molecular flexibility index (Phi) is 4.44. The summed E-state index contributed by atoms with van der Waals surface area (Å²) in [6.07, 6.45) is 4.55. The summed E-state index contributed by atoms with van der Waals surface area (Å²) in [6.45, 7) is 2.44. The third kappa shape index (κ3) is 3.57. The number of carbonyl (C=O) groups excluding carboxylic acids is 1. The van der Waals surface area contributed by atoms with E-state index in [2.05, 4.69) is 15.5 Å². The molecule has 1 amide bonds. The monoisotopic (exact) mass is 300 g/mol. The number of nitrogens with zero attached hydrogens (tertiary/aromatic N) is 1. The number of sulfonamides is 1. The lowest BCUT2D eigenvalue weighted by molar-refractivity contribution is 0.0944. The lowest BCUT2D eigenvalue weighted by atomic mass is 10.2. The van der Waals surface area contributed by atoms with Crippen molar-refractivity contribution in [2.24, 2.45) is 11.1 Å². The summed E-state index contributed by atoms with van der Waals surface area (Å²) in [6, 6.07) is 0. The van der Waals surface area contributed by atoms with Gasteiger partial charge in [-0.1, -0.05) is 26.2 Å². The largest absolute Gasteiger partial charge is 0.351 e. The number of H-pyrrole nitrogens is 1. The number of primary sulfonamides is 1. The van der Waals surface area contributed by atoms with Gasteiger partial charge in [-0.2, -0.15) is 5.10 Å². The molecule has 0 radical (unpaired) electrons. The second-order valence-electron chi connectivity index (χ2n) is 5.16.